The highest BCUT2D eigenvalue weighted by Crippen LogP contribution is 2.28. The van der Waals surface area contributed by atoms with Crippen molar-refractivity contribution in [2.75, 3.05) is 6.54 Å². The molecule has 3 N–H and O–H groups in total. The molecule has 0 aromatic carbocycles. The Kier molecular flexibility index (Phi) is 4.83. The summed E-state index contributed by atoms with van der Waals surface area (Å²) in [5.74, 6) is 2.51. The van der Waals surface area contributed by atoms with Gasteiger partial charge in [-0.1, -0.05) is 0 Å². The third-order valence-electron chi connectivity index (χ3n) is 2.96. The maximum absolute atomic E-state index is 11.8. The number of terminal acetylenes is 1. The Balaban J connectivity index is 4.17. The first kappa shape index (κ1) is 14.0. The van der Waals surface area contributed by atoms with Crippen molar-refractivity contribution in [1.29, 1.82) is 0 Å². The van der Waals surface area contributed by atoms with Gasteiger partial charge in [0.05, 0.1) is 5.41 Å². The van der Waals surface area contributed by atoms with E-state index in [0.29, 0.717) is 13.0 Å². The lowest BCUT2D eigenvalue weighted by Gasteiger charge is -2.36. The quantitative estimate of drug-likeness (QED) is 0.530. The van der Waals surface area contributed by atoms with Crippen LogP contribution in [0, 0.1) is 17.8 Å². The Morgan fingerprint density at radius 2 is 1.93 bits per heavy atom. The van der Waals surface area contributed by atoms with Gasteiger partial charge in [-0.2, -0.15) is 0 Å². The Morgan fingerprint density at radius 3 is 2.33 bits per heavy atom. The molecule has 1 amide bonds. The van der Waals surface area contributed by atoms with Crippen molar-refractivity contribution in [2.24, 2.45) is 11.1 Å². The zero-order chi connectivity index (χ0) is 12.1. The van der Waals surface area contributed by atoms with E-state index in [1.165, 1.54) is 0 Å². The molecule has 0 fully saturated rings. The van der Waals surface area contributed by atoms with Gasteiger partial charge >= 0.3 is 0 Å². The van der Waals surface area contributed by atoms with Crippen molar-refractivity contribution in [3.63, 3.8) is 0 Å². The molecule has 15 heavy (non-hydrogen) atoms. The standard InChI is InChI=1S/C12H22N2O/c1-6-7-8-9-14-10(15)11(2,3)12(4,5)13/h1H,7-9,13H2,2-5H3,(H,14,15). The van der Waals surface area contributed by atoms with Crippen LogP contribution in [-0.4, -0.2) is 18.0 Å². The largest absolute Gasteiger partial charge is 0.356 e. The Labute approximate surface area is 92.8 Å². The van der Waals surface area contributed by atoms with Crippen LogP contribution < -0.4 is 11.1 Å². The van der Waals surface area contributed by atoms with Gasteiger partial charge in [-0.25, -0.2) is 0 Å². The summed E-state index contributed by atoms with van der Waals surface area (Å²) in [7, 11) is 0. The van der Waals surface area contributed by atoms with E-state index in [2.05, 4.69) is 11.2 Å². The van der Waals surface area contributed by atoms with Gasteiger partial charge < -0.3 is 11.1 Å². The van der Waals surface area contributed by atoms with E-state index in [-0.39, 0.29) is 5.91 Å². The summed E-state index contributed by atoms with van der Waals surface area (Å²) in [4.78, 5) is 11.8. The molecule has 3 nitrogen and oxygen atoms in total. The Bertz CT molecular complexity index is 256. The number of amides is 1. The SMILES string of the molecule is C#CCCCNC(=O)C(C)(C)C(C)(C)N. The minimum atomic E-state index is -0.580. The molecule has 86 valence electrons. The van der Waals surface area contributed by atoms with Crippen molar-refractivity contribution in [1.82, 2.24) is 5.32 Å². The van der Waals surface area contributed by atoms with Gasteiger partial charge in [0.2, 0.25) is 5.91 Å². The second kappa shape index (κ2) is 5.18. The summed E-state index contributed by atoms with van der Waals surface area (Å²) in [6.07, 6.45) is 6.61. The molecule has 3 heteroatoms. The number of carbonyl (C=O) groups excluding carboxylic acids is 1. The predicted octanol–water partition coefficient (Wildman–Crippen LogP) is 1.28. The number of unbranched alkanes of at least 4 members (excludes halogenated alkanes) is 1. The first-order valence-corrected chi connectivity index (χ1v) is 5.24. The summed E-state index contributed by atoms with van der Waals surface area (Å²) >= 11 is 0. The van der Waals surface area contributed by atoms with Gasteiger partial charge in [0.25, 0.3) is 0 Å². The first-order valence-electron chi connectivity index (χ1n) is 5.24. The zero-order valence-corrected chi connectivity index (χ0v) is 10.2. The number of hydrogen-bond acceptors (Lipinski definition) is 2. The molecule has 0 saturated carbocycles. The van der Waals surface area contributed by atoms with Crippen LogP contribution >= 0.6 is 0 Å². The molecule has 0 radical (unpaired) electrons. The van der Waals surface area contributed by atoms with Crippen molar-refractivity contribution in [3.8, 4) is 12.3 Å². The molecule has 0 aliphatic carbocycles. The Morgan fingerprint density at radius 1 is 1.40 bits per heavy atom. The molecule has 0 heterocycles. The molecule has 0 aliphatic rings. The number of nitrogens with one attached hydrogen (secondary N) is 1. The summed E-state index contributed by atoms with van der Waals surface area (Å²) in [6.45, 7) is 8.03. The second-order valence-corrected chi connectivity index (χ2v) is 4.91. The van der Waals surface area contributed by atoms with Gasteiger partial charge in [-0.15, -0.1) is 12.3 Å². The summed E-state index contributed by atoms with van der Waals surface area (Å²) in [5, 5.41) is 2.85. The van der Waals surface area contributed by atoms with E-state index in [1.54, 1.807) is 0 Å². The average Bonchev–Trinajstić information content (AvgIpc) is 2.10. The summed E-state index contributed by atoms with van der Waals surface area (Å²) < 4.78 is 0. The van der Waals surface area contributed by atoms with Crippen molar-refractivity contribution < 1.29 is 4.79 Å². The molecule has 0 spiro atoms. The van der Waals surface area contributed by atoms with E-state index in [9.17, 15) is 4.79 Å². The highest BCUT2D eigenvalue weighted by atomic mass is 16.2. The topological polar surface area (TPSA) is 55.1 Å². The van der Waals surface area contributed by atoms with Crippen LogP contribution in [0.3, 0.4) is 0 Å². The molecule has 0 aromatic rings. The van der Waals surface area contributed by atoms with E-state index in [0.717, 1.165) is 6.42 Å². The third-order valence-corrected chi connectivity index (χ3v) is 2.96. The van der Waals surface area contributed by atoms with E-state index in [4.69, 9.17) is 12.2 Å². The monoisotopic (exact) mass is 210 g/mol. The van der Waals surface area contributed by atoms with Crippen LogP contribution in [0.4, 0.5) is 0 Å². The third kappa shape index (κ3) is 3.93. The lowest BCUT2D eigenvalue weighted by Crippen LogP contribution is -2.55. The van der Waals surface area contributed by atoms with Gasteiger partial charge in [-0.05, 0) is 34.1 Å². The lowest BCUT2D eigenvalue weighted by atomic mass is 9.74. The van der Waals surface area contributed by atoms with Crippen molar-refractivity contribution in [2.45, 2.75) is 46.1 Å². The molecule has 0 unspecified atom stereocenters. The molecule has 0 aliphatic heterocycles. The van der Waals surface area contributed by atoms with E-state index < -0.39 is 11.0 Å². The normalized spacial score (nSPS) is 12.0. The number of rotatable bonds is 5. The van der Waals surface area contributed by atoms with Crippen LogP contribution in [0.25, 0.3) is 0 Å². The Hall–Kier alpha value is -1.01. The average molecular weight is 210 g/mol. The fraction of sp³-hybridized carbons (Fsp3) is 0.750. The van der Waals surface area contributed by atoms with Crippen LogP contribution in [0.2, 0.25) is 0 Å². The zero-order valence-electron chi connectivity index (χ0n) is 10.2. The fourth-order valence-corrected chi connectivity index (χ4v) is 0.906. The van der Waals surface area contributed by atoms with Gasteiger partial charge in [-0.3, -0.25) is 4.79 Å². The number of carbonyl (C=O) groups is 1. The summed E-state index contributed by atoms with van der Waals surface area (Å²) in [6, 6.07) is 0. The van der Waals surface area contributed by atoms with Crippen LogP contribution in [0.5, 0.6) is 0 Å². The lowest BCUT2D eigenvalue weighted by molar-refractivity contribution is -0.132. The van der Waals surface area contributed by atoms with Gasteiger partial charge in [0.1, 0.15) is 0 Å². The van der Waals surface area contributed by atoms with Crippen LogP contribution in [-0.2, 0) is 4.79 Å². The second-order valence-electron chi connectivity index (χ2n) is 4.91. The molecule has 0 aromatic heterocycles. The van der Waals surface area contributed by atoms with Crippen molar-refractivity contribution in [3.05, 3.63) is 0 Å². The molecule has 0 saturated heterocycles. The van der Waals surface area contributed by atoms with Gasteiger partial charge in [0.15, 0.2) is 0 Å². The van der Waals surface area contributed by atoms with Crippen LogP contribution in [0.1, 0.15) is 40.5 Å². The highest BCUT2D eigenvalue weighted by molar-refractivity contribution is 5.83. The fourth-order valence-electron chi connectivity index (χ4n) is 0.906. The molecule has 0 atom stereocenters. The van der Waals surface area contributed by atoms with Gasteiger partial charge in [0, 0.05) is 18.5 Å². The molecular weight excluding hydrogens is 188 g/mol. The minimum Gasteiger partial charge on any atom is -0.356 e. The van der Waals surface area contributed by atoms with E-state index >= 15 is 0 Å². The number of nitrogens with two attached hydrogens (primary N) is 1. The first-order chi connectivity index (χ1) is 6.73. The van der Waals surface area contributed by atoms with Crippen molar-refractivity contribution >= 4 is 5.91 Å². The number of hydrogen-bond donors (Lipinski definition) is 2. The summed E-state index contributed by atoms with van der Waals surface area (Å²) in [5.41, 5.74) is 4.83. The van der Waals surface area contributed by atoms with E-state index in [1.807, 2.05) is 27.7 Å². The molecular formula is C12H22N2O. The molecule has 0 rings (SSSR count). The minimum absolute atomic E-state index is 0.0213. The highest BCUT2D eigenvalue weighted by Gasteiger charge is 2.39. The molecule has 0 bridgehead atoms. The maximum atomic E-state index is 11.8. The predicted molar refractivity (Wildman–Crippen MR) is 63.1 cm³/mol. The smallest absolute Gasteiger partial charge is 0.227 e. The van der Waals surface area contributed by atoms with Crippen LogP contribution in [0.15, 0.2) is 0 Å². The maximum Gasteiger partial charge on any atom is 0.227 e.